The van der Waals surface area contributed by atoms with Gasteiger partial charge in [0.25, 0.3) is 0 Å². The molecule has 118 valence electrons. The minimum atomic E-state index is 0.135. The van der Waals surface area contributed by atoms with E-state index in [1.807, 2.05) is 0 Å². The Morgan fingerprint density at radius 3 is 2.20 bits per heavy atom. The molecule has 2 aliphatic rings. The van der Waals surface area contributed by atoms with Crippen LogP contribution < -0.4 is 0 Å². The van der Waals surface area contributed by atoms with Gasteiger partial charge in [0.15, 0.2) is 0 Å². The zero-order valence-corrected chi connectivity index (χ0v) is 13.3. The van der Waals surface area contributed by atoms with Gasteiger partial charge in [-0.3, -0.25) is 4.90 Å². The number of rotatable bonds is 8. The molecule has 0 aliphatic heterocycles. The van der Waals surface area contributed by atoms with E-state index < -0.39 is 0 Å². The number of hydrogen-bond donors (Lipinski definition) is 2. The molecule has 0 aromatic carbocycles. The van der Waals surface area contributed by atoms with Crippen LogP contribution >= 0.6 is 0 Å². The van der Waals surface area contributed by atoms with Gasteiger partial charge in [0.2, 0.25) is 0 Å². The predicted octanol–water partition coefficient (Wildman–Crippen LogP) is 1.50. The number of aliphatic hydroxyl groups excluding tert-OH is 2. The van der Waals surface area contributed by atoms with Gasteiger partial charge in [0, 0.05) is 19.6 Å². The molecule has 0 heterocycles. The summed E-state index contributed by atoms with van der Waals surface area (Å²) in [5.41, 5.74) is 0.712. The molecule has 0 aromatic heterocycles. The second kappa shape index (κ2) is 6.30. The van der Waals surface area contributed by atoms with E-state index in [4.69, 9.17) is 14.9 Å². The van der Waals surface area contributed by atoms with E-state index in [-0.39, 0.29) is 13.2 Å². The molecule has 20 heavy (non-hydrogen) atoms. The summed E-state index contributed by atoms with van der Waals surface area (Å²) in [6.45, 7) is 10.2. The molecule has 2 N–H and O–H groups in total. The van der Waals surface area contributed by atoms with Gasteiger partial charge < -0.3 is 14.9 Å². The number of fused-ring (bicyclic) bond motifs is 2. The van der Waals surface area contributed by atoms with Crippen LogP contribution in [0.15, 0.2) is 0 Å². The van der Waals surface area contributed by atoms with Gasteiger partial charge in [-0.2, -0.15) is 0 Å². The van der Waals surface area contributed by atoms with Crippen molar-refractivity contribution in [3.8, 4) is 0 Å². The molecule has 2 fully saturated rings. The van der Waals surface area contributed by atoms with Crippen LogP contribution in [0, 0.1) is 16.7 Å². The van der Waals surface area contributed by atoms with Crippen LogP contribution in [-0.4, -0.2) is 60.7 Å². The molecule has 0 saturated heterocycles. The quantitative estimate of drug-likeness (QED) is 0.710. The summed E-state index contributed by atoms with van der Waals surface area (Å²) in [6.07, 6.45) is 4.21. The highest BCUT2D eigenvalue weighted by molar-refractivity contribution is 5.11. The fourth-order valence-corrected chi connectivity index (χ4v) is 4.32. The standard InChI is InChI=1S/C16H31NO3/c1-15(2)13-4-5-16(15,3)14(12-13)20-11-8-17(6-9-18)7-10-19/h13-14,18-19H,4-12H2,1-3H3/t13-,14+,16+/m0/s1. The molecule has 0 amide bonds. The summed E-state index contributed by atoms with van der Waals surface area (Å²) in [7, 11) is 0. The monoisotopic (exact) mass is 285 g/mol. The van der Waals surface area contributed by atoms with Gasteiger partial charge in [-0.05, 0) is 36.0 Å². The van der Waals surface area contributed by atoms with Crippen molar-refractivity contribution in [3.63, 3.8) is 0 Å². The van der Waals surface area contributed by atoms with E-state index in [2.05, 4.69) is 25.7 Å². The van der Waals surface area contributed by atoms with Crippen molar-refractivity contribution in [2.24, 2.45) is 16.7 Å². The largest absolute Gasteiger partial charge is 0.395 e. The van der Waals surface area contributed by atoms with Gasteiger partial charge in [-0.15, -0.1) is 0 Å². The smallest absolute Gasteiger partial charge is 0.0637 e. The maximum atomic E-state index is 9.01. The first kappa shape index (κ1) is 16.2. The van der Waals surface area contributed by atoms with Gasteiger partial charge in [0.1, 0.15) is 0 Å². The lowest BCUT2D eigenvalue weighted by atomic mass is 9.70. The highest BCUT2D eigenvalue weighted by Gasteiger charge is 2.61. The topological polar surface area (TPSA) is 52.9 Å². The molecule has 0 radical (unpaired) electrons. The Balaban J connectivity index is 1.81. The van der Waals surface area contributed by atoms with Gasteiger partial charge in [0.05, 0.1) is 25.9 Å². The number of nitrogens with zero attached hydrogens (tertiary/aromatic N) is 1. The van der Waals surface area contributed by atoms with Crippen LogP contribution in [0.2, 0.25) is 0 Å². The van der Waals surface area contributed by atoms with Crippen molar-refractivity contribution in [1.82, 2.24) is 4.90 Å². The molecule has 0 spiro atoms. The Hall–Kier alpha value is -0.160. The van der Waals surface area contributed by atoms with Crippen molar-refractivity contribution >= 4 is 0 Å². The molecule has 0 unspecified atom stereocenters. The normalized spacial score (nSPS) is 35.1. The molecule has 2 aliphatic carbocycles. The molecule has 0 aromatic rings. The number of hydrogen-bond acceptors (Lipinski definition) is 4. The van der Waals surface area contributed by atoms with Crippen LogP contribution in [0.3, 0.4) is 0 Å². The van der Waals surface area contributed by atoms with E-state index in [1.54, 1.807) is 0 Å². The summed E-state index contributed by atoms with van der Waals surface area (Å²) >= 11 is 0. The molecular formula is C16H31NO3. The maximum Gasteiger partial charge on any atom is 0.0637 e. The molecule has 2 rings (SSSR count). The first-order valence-corrected chi connectivity index (χ1v) is 8.01. The van der Waals surface area contributed by atoms with Crippen molar-refractivity contribution in [1.29, 1.82) is 0 Å². The first-order chi connectivity index (χ1) is 9.45. The minimum Gasteiger partial charge on any atom is -0.395 e. The Morgan fingerprint density at radius 2 is 1.75 bits per heavy atom. The lowest BCUT2D eigenvalue weighted by Crippen LogP contribution is -2.39. The van der Waals surface area contributed by atoms with E-state index in [0.717, 1.165) is 12.5 Å². The third kappa shape index (κ3) is 2.76. The van der Waals surface area contributed by atoms with Crippen molar-refractivity contribution in [2.75, 3.05) is 39.5 Å². The SMILES string of the molecule is CC1(C)[C@H]2CC[C@]1(C)[C@H](OCCN(CCO)CCO)C2. The lowest BCUT2D eigenvalue weighted by molar-refractivity contribution is -0.0529. The summed E-state index contributed by atoms with van der Waals surface area (Å²) in [5, 5.41) is 18.0. The van der Waals surface area contributed by atoms with Crippen molar-refractivity contribution < 1.29 is 14.9 Å². The summed E-state index contributed by atoms with van der Waals surface area (Å²) in [6, 6.07) is 0. The van der Waals surface area contributed by atoms with Crippen LogP contribution in [0.25, 0.3) is 0 Å². The second-order valence-electron chi connectivity index (χ2n) is 7.26. The summed E-state index contributed by atoms with van der Waals surface area (Å²) in [4.78, 5) is 2.06. The Morgan fingerprint density at radius 1 is 1.10 bits per heavy atom. The molecule has 4 heteroatoms. The third-order valence-electron chi connectivity index (χ3n) is 6.27. The van der Waals surface area contributed by atoms with Crippen LogP contribution in [0.1, 0.15) is 40.0 Å². The third-order valence-corrected chi connectivity index (χ3v) is 6.27. The highest BCUT2D eigenvalue weighted by Crippen LogP contribution is 2.66. The number of ether oxygens (including phenoxy) is 1. The van der Waals surface area contributed by atoms with E-state index in [9.17, 15) is 0 Å². The van der Waals surface area contributed by atoms with E-state index >= 15 is 0 Å². The fourth-order valence-electron chi connectivity index (χ4n) is 4.32. The zero-order valence-electron chi connectivity index (χ0n) is 13.3. The summed E-state index contributed by atoms with van der Waals surface area (Å²) in [5.74, 6) is 0.809. The molecule has 2 saturated carbocycles. The Bertz CT molecular complexity index is 315. The first-order valence-electron chi connectivity index (χ1n) is 8.01. The second-order valence-corrected chi connectivity index (χ2v) is 7.26. The average Bonchev–Trinajstić information content (AvgIpc) is 2.72. The number of aliphatic hydroxyl groups is 2. The molecule has 3 atom stereocenters. The highest BCUT2D eigenvalue weighted by atomic mass is 16.5. The fraction of sp³-hybridized carbons (Fsp3) is 1.00. The van der Waals surface area contributed by atoms with Gasteiger partial charge in [-0.1, -0.05) is 20.8 Å². The lowest BCUT2D eigenvalue weighted by Gasteiger charge is -2.39. The summed E-state index contributed by atoms with van der Waals surface area (Å²) < 4.78 is 6.19. The van der Waals surface area contributed by atoms with Gasteiger partial charge >= 0.3 is 0 Å². The maximum absolute atomic E-state index is 9.01. The Labute approximate surface area is 123 Å². The zero-order chi connectivity index (χ0) is 14.8. The van der Waals surface area contributed by atoms with E-state index in [1.165, 1.54) is 19.3 Å². The van der Waals surface area contributed by atoms with Gasteiger partial charge in [-0.25, -0.2) is 0 Å². The van der Waals surface area contributed by atoms with Crippen molar-refractivity contribution in [3.05, 3.63) is 0 Å². The van der Waals surface area contributed by atoms with Crippen LogP contribution in [0.4, 0.5) is 0 Å². The predicted molar refractivity (Wildman–Crippen MR) is 79.6 cm³/mol. The van der Waals surface area contributed by atoms with Crippen molar-refractivity contribution in [2.45, 2.75) is 46.1 Å². The average molecular weight is 285 g/mol. The molecular weight excluding hydrogens is 254 g/mol. The Kier molecular flexibility index (Phi) is 5.11. The van der Waals surface area contributed by atoms with Crippen LogP contribution in [0.5, 0.6) is 0 Å². The molecule has 2 bridgehead atoms. The molecule has 4 nitrogen and oxygen atoms in total. The van der Waals surface area contributed by atoms with Crippen LogP contribution in [-0.2, 0) is 4.74 Å². The van der Waals surface area contributed by atoms with E-state index in [0.29, 0.717) is 36.6 Å². The minimum absolute atomic E-state index is 0.135.